The van der Waals surface area contributed by atoms with Gasteiger partial charge in [0.25, 0.3) is 11.8 Å². The van der Waals surface area contributed by atoms with Crippen molar-refractivity contribution in [3.05, 3.63) is 65.7 Å². The van der Waals surface area contributed by atoms with Gasteiger partial charge in [-0.2, -0.15) is 5.10 Å². The van der Waals surface area contributed by atoms with Crippen LogP contribution in [0.2, 0.25) is 0 Å². The van der Waals surface area contributed by atoms with E-state index in [2.05, 4.69) is 20.8 Å². The van der Waals surface area contributed by atoms with E-state index in [1.807, 2.05) is 12.1 Å². The molecule has 0 atom stereocenters. The first-order valence-electron chi connectivity index (χ1n) is 7.84. The maximum Gasteiger partial charge on any atom is 0.269 e. The zero-order valence-corrected chi connectivity index (χ0v) is 13.7. The Morgan fingerprint density at radius 2 is 1.96 bits per heavy atom. The first-order valence-corrected chi connectivity index (χ1v) is 7.84. The lowest BCUT2D eigenvalue weighted by atomic mass is 10.1. The van der Waals surface area contributed by atoms with Crippen LogP contribution in [0.25, 0.3) is 11.3 Å². The number of amides is 2. The van der Waals surface area contributed by atoms with Crippen molar-refractivity contribution in [2.45, 2.75) is 6.42 Å². The first kappa shape index (κ1) is 16.5. The summed E-state index contributed by atoms with van der Waals surface area (Å²) in [5, 5.41) is 12.2. The van der Waals surface area contributed by atoms with E-state index in [0.717, 1.165) is 11.1 Å². The minimum absolute atomic E-state index is 0.118. The molecule has 128 valence electrons. The lowest BCUT2D eigenvalue weighted by Crippen LogP contribution is -2.26. The largest absolute Gasteiger partial charge is 0.472 e. The topological polar surface area (TPSA) is 100 Å². The Kier molecular flexibility index (Phi) is 4.94. The van der Waals surface area contributed by atoms with Crippen molar-refractivity contribution in [2.75, 3.05) is 13.6 Å². The second kappa shape index (κ2) is 7.48. The average molecular weight is 338 g/mol. The number of furan rings is 1. The monoisotopic (exact) mass is 338 g/mol. The lowest BCUT2D eigenvalue weighted by molar-refractivity contribution is 0.0946. The number of nitrogens with one attached hydrogen (secondary N) is 3. The molecule has 0 fully saturated rings. The molecule has 0 aliphatic rings. The fourth-order valence-electron chi connectivity index (χ4n) is 2.38. The Morgan fingerprint density at radius 1 is 1.16 bits per heavy atom. The van der Waals surface area contributed by atoms with Crippen LogP contribution in [0.3, 0.4) is 0 Å². The van der Waals surface area contributed by atoms with E-state index >= 15 is 0 Å². The number of aromatic amines is 1. The zero-order valence-electron chi connectivity index (χ0n) is 13.7. The van der Waals surface area contributed by atoms with E-state index in [9.17, 15) is 9.59 Å². The van der Waals surface area contributed by atoms with Crippen molar-refractivity contribution < 1.29 is 14.0 Å². The number of hydrogen-bond acceptors (Lipinski definition) is 4. The molecule has 1 aromatic carbocycles. The quantitative estimate of drug-likeness (QED) is 0.640. The van der Waals surface area contributed by atoms with Crippen LogP contribution < -0.4 is 10.6 Å². The van der Waals surface area contributed by atoms with Crippen LogP contribution in [0.1, 0.15) is 26.4 Å². The third kappa shape index (κ3) is 3.95. The summed E-state index contributed by atoms with van der Waals surface area (Å²) in [6.45, 7) is 0.484. The number of H-pyrrole nitrogens is 1. The second-order valence-corrected chi connectivity index (χ2v) is 5.46. The summed E-state index contributed by atoms with van der Waals surface area (Å²) >= 11 is 0. The Morgan fingerprint density at radius 3 is 2.64 bits per heavy atom. The molecule has 0 radical (unpaired) electrons. The van der Waals surface area contributed by atoms with Crippen LogP contribution >= 0.6 is 0 Å². The highest BCUT2D eigenvalue weighted by Gasteiger charge is 2.11. The summed E-state index contributed by atoms with van der Waals surface area (Å²) in [6.07, 6.45) is 3.79. The van der Waals surface area contributed by atoms with Gasteiger partial charge in [0, 0.05) is 24.7 Å². The molecule has 3 aromatic rings. The first-order chi connectivity index (χ1) is 12.2. The third-order valence-electron chi connectivity index (χ3n) is 3.78. The van der Waals surface area contributed by atoms with Gasteiger partial charge in [-0.25, -0.2) is 0 Å². The normalized spacial score (nSPS) is 10.4. The van der Waals surface area contributed by atoms with E-state index in [0.29, 0.717) is 29.9 Å². The predicted octanol–water partition coefficient (Wildman–Crippen LogP) is 2.00. The lowest BCUT2D eigenvalue weighted by Gasteiger charge is -2.05. The van der Waals surface area contributed by atoms with Gasteiger partial charge in [0.05, 0.1) is 18.2 Å². The standard InChI is InChI=1S/C18H18N4O3/c1-19-17(23)13-4-2-12(3-5-13)6-8-20-18(24)16-10-15(21-22-16)14-7-9-25-11-14/h2-5,7,9-11H,6,8H2,1H3,(H,19,23)(H,20,24)(H,21,22). The van der Waals surface area contributed by atoms with Gasteiger partial charge in [-0.3, -0.25) is 14.7 Å². The highest BCUT2D eigenvalue weighted by atomic mass is 16.3. The molecule has 0 aliphatic heterocycles. The smallest absolute Gasteiger partial charge is 0.269 e. The molecule has 3 rings (SSSR count). The molecule has 0 bridgehead atoms. The van der Waals surface area contributed by atoms with Crippen molar-refractivity contribution in [1.82, 2.24) is 20.8 Å². The molecule has 3 N–H and O–H groups in total. The van der Waals surface area contributed by atoms with Crippen molar-refractivity contribution in [3.8, 4) is 11.3 Å². The molecular formula is C18H18N4O3. The summed E-state index contributed by atoms with van der Waals surface area (Å²) in [7, 11) is 1.60. The van der Waals surface area contributed by atoms with Gasteiger partial charge >= 0.3 is 0 Å². The van der Waals surface area contributed by atoms with Crippen molar-refractivity contribution in [2.24, 2.45) is 0 Å². The van der Waals surface area contributed by atoms with Gasteiger partial charge in [-0.05, 0) is 36.2 Å². The molecule has 7 nitrogen and oxygen atoms in total. The number of carbonyl (C=O) groups is 2. The fourth-order valence-corrected chi connectivity index (χ4v) is 2.38. The molecule has 2 aromatic heterocycles. The molecule has 0 aliphatic carbocycles. The van der Waals surface area contributed by atoms with Gasteiger partial charge in [0.15, 0.2) is 0 Å². The summed E-state index contributed by atoms with van der Waals surface area (Å²) in [5.41, 5.74) is 3.51. The van der Waals surface area contributed by atoms with Crippen LogP contribution in [0.15, 0.2) is 53.3 Å². The Labute approximate surface area is 144 Å². The van der Waals surface area contributed by atoms with Gasteiger partial charge in [-0.1, -0.05) is 12.1 Å². The van der Waals surface area contributed by atoms with E-state index in [1.54, 1.807) is 43.8 Å². The summed E-state index contributed by atoms with van der Waals surface area (Å²) in [4.78, 5) is 23.6. The molecule has 2 amide bonds. The highest BCUT2D eigenvalue weighted by molar-refractivity contribution is 5.94. The molecular weight excluding hydrogens is 320 g/mol. The number of aromatic nitrogens is 2. The SMILES string of the molecule is CNC(=O)c1ccc(CCNC(=O)c2cc(-c3ccoc3)n[nH]2)cc1. The minimum Gasteiger partial charge on any atom is -0.472 e. The van der Waals surface area contributed by atoms with Gasteiger partial charge in [0.2, 0.25) is 0 Å². The maximum absolute atomic E-state index is 12.1. The van der Waals surface area contributed by atoms with Crippen LogP contribution in [0.4, 0.5) is 0 Å². The average Bonchev–Trinajstić information content (AvgIpc) is 3.32. The summed E-state index contributed by atoms with van der Waals surface area (Å²) in [6, 6.07) is 10.7. The Hall–Kier alpha value is -3.35. The summed E-state index contributed by atoms with van der Waals surface area (Å²) < 4.78 is 5.00. The number of nitrogens with zero attached hydrogens (tertiary/aromatic N) is 1. The van der Waals surface area contributed by atoms with Crippen LogP contribution in [-0.2, 0) is 6.42 Å². The van der Waals surface area contributed by atoms with Gasteiger partial charge < -0.3 is 15.1 Å². The van der Waals surface area contributed by atoms with Crippen molar-refractivity contribution in [1.29, 1.82) is 0 Å². The van der Waals surface area contributed by atoms with Crippen LogP contribution in [-0.4, -0.2) is 35.6 Å². The van der Waals surface area contributed by atoms with E-state index < -0.39 is 0 Å². The molecule has 0 saturated heterocycles. The maximum atomic E-state index is 12.1. The molecule has 25 heavy (non-hydrogen) atoms. The summed E-state index contributed by atoms with van der Waals surface area (Å²) in [5.74, 6) is -0.336. The number of carbonyl (C=O) groups excluding carboxylic acids is 2. The number of benzene rings is 1. The molecule has 2 heterocycles. The van der Waals surface area contributed by atoms with E-state index in [4.69, 9.17) is 4.42 Å². The molecule has 7 heteroatoms. The van der Waals surface area contributed by atoms with E-state index in [-0.39, 0.29) is 11.8 Å². The zero-order chi connectivity index (χ0) is 17.6. The molecule has 0 saturated carbocycles. The number of hydrogen-bond donors (Lipinski definition) is 3. The predicted molar refractivity (Wildman–Crippen MR) is 92.2 cm³/mol. The Bertz CT molecular complexity index is 851. The number of rotatable bonds is 6. The van der Waals surface area contributed by atoms with Crippen LogP contribution in [0.5, 0.6) is 0 Å². The second-order valence-electron chi connectivity index (χ2n) is 5.46. The van der Waals surface area contributed by atoms with Crippen molar-refractivity contribution >= 4 is 11.8 Å². The fraction of sp³-hybridized carbons (Fsp3) is 0.167. The van der Waals surface area contributed by atoms with E-state index in [1.165, 1.54) is 0 Å². The minimum atomic E-state index is -0.218. The Balaban J connectivity index is 1.52. The van der Waals surface area contributed by atoms with Crippen molar-refractivity contribution in [3.63, 3.8) is 0 Å². The van der Waals surface area contributed by atoms with Crippen LogP contribution in [0, 0.1) is 0 Å². The van der Waals surface area contributed by atoms with Gasteiger partial charge in [0.1, 0.15) is 5.69 Å². The van der Waals surface area contributed by atoms with Gasteiger partial charge in [-0.15, -0.1) is 0 Å². The molecule has 0 spiro atoms. The molecule has 0 unspecified atom stereocenters. The third-order valence-corrected chi connectivity index (χ3v) is 3.78. The highest BCUT2D eigenvalue weighted by Crippen LogP contribution is 2.17.